The van der Waals surface area contributed by atoms with E-state index < -0.39 is 12.1 Å². The number of carbonyl (C=O) groups is 4. The average Bonchev–Trinajstić information content (AvgIpc) is 3.31. The molecule has 0 bridgehead atoms. The third-order valence-corrected chi connectivity index (χ3v) is 13.6. The normalized spacial score (nSPS) is 12.6. The zero-order valence-corrected chi connectivity index (χ0v) is 47.8. The van der Waals surface area contributed by atoms with Crippen molar-refractivity contribution in [3.05, 3.63) is 0 Å². The van der Waals surface area contributed by atoms with Gasteiger partial charge in [0.2, 0.25) is 23.6 Å². The Morgan fingerprint density at radius 1 is 0.371 bits per heavy atom. The van der Waals surface area contributed by atoms with Crippen molar-refractivity contribution in [2.75, 3.05) is 93.9 Å². The monoisotopic (exact) mass is 993 g/mol. The number of ether oxygens (including phenoxy) is 2. The summed E-state index contributed by atoms with van der Waals surface area (Å²) in [6, 6.07) is -1.06. The minimum atomic E-state index is -0.530. The van der Waals surface area contributed by atoms with Crippen molar-refractivity contribution >= 4 is 23.6 Å². The molecule has 414 valence electrons. The minimum absolute atomic E-state index is 0.0267. The van der Waals surface area contributed by atoms with E-state index >= 15 is 0 Å². The molecule has 0 aliphatic rings. The molecule has 0 spiro atoms. The van der Waals surface area contributed by atoms with Gasteiger partial charge in [0.05, 0.1) is 26.4 Å². The van der Waals surface area contributed by atoms with Crippen molar-refractivity contribution in [2.45, 2.75) is 246 Å². The Bertz CT molecular complexity index is 1140. The fraction of sp³-hybridized carbons (Fsp3) is 0.931. The Morgan fingerprint density at radius 2 is 0.643 bits per heavy atom. The highest BCUT2D eigenvalue weighted by Crippen LogP contribution is 2.19. The van der Waals surface area contributed by atoms with E-state index in [-0.39, 0.29) is 35.5 Å². The maximum Gasteiger partial charge on any atom is 0.243 e. The number of rotatable bonds is 51. The van der Waals surface area contributed by atoms with Crippen LogP contribution in [0.1, 0.15) is 234 Å². The summed E-state index contributed by atoms with van der Waals surface area (Å²) >= 11 is 0. The van der Waals surface area contributed by atoms with Crippen LogP contribution >= 0.6 is 0 Å². The maximum absolute atomic E-state index is 13.7. The van der Waals surface area contributed by atoms with Gasteiger partial charge in [-0.15, -0.1) is 0 Å². The van der Waals surface area contributed by atoms with Crippen molar-refractivity contribution in [2.24, 2.45) is 11.8 Å². The van der Waals surface area contributed by atoms with Gasteiger partial charge in [0, 0.05) is 39.0 Å². The zero-order chi connectivity index (χ0) is 52.0. The molecule has 0 aliphatic carbocycles. The second kappa shape index (κ2) is 47.7. The topological polar surface area (TPSA) is 124 Å². The van der Waals surface area contributed by atoms with Gasteiger partial charge >= 0.3 is 0 Å². The molecule has 0 aromatic rings. The van der Waals surface area contributed by atoms with Crippen molar-refractivity contribution in [1.29, 1.82) is 0 Å². The molecular formula is C58H116N6O6. The Balaban J connectivity index is 4.75. The van der Waals surface area contributed by atoms with Crippen molar-refractivity contribution < 1.29 is 28.7 Å². The Kier molecular flexibility index (Phi) is 46.2. The second-order valence-corrected chi connectivity index (χ2v) is 21.7. The summed E-state index contributed by atoms with van der Waals surface area (Å²) in [5.41, 5.74) is 0. The maximum atomic E-state index is 13.7. The number of amides is 4. The van der Waals surface area contributed by atoms with Gasteiger partial charge in [-0.2, -0.15) is 0 Å². The molecule has 0 aliphatic heterocycles. The summed E-state index contributed by atoms with van der Waals surface area (Å²) in [5, 5.41) is 6.08. The number of carbonyl (C=O) groups excluding carboxylic acids is 4. The molecule has 12 nitrogen and oxygen atoms in total. The molecule has 70 heavy (non-hydrogen) atoms. The van der Waals surface area contributed by atoms with Gasteiger partial charge in [-0.1, -0.05) is 196 Å². The van der Waals surface area contributed by atoms with E-state index in [0.717, 1.165) is 64.5 Å². The van der Waals surface area contributed by atoms with Crippen LogP contribution in [0.25, 0.3) is 0 Å². The molecule has 4 amide bonds. The third kappa shape index (κ3) is 38.4. The lowest BCUT2D eigenvalue weighted by atomic mass is 9.99. The van der Waals surface area contributed by atoms with Gasteiger partial charge in [-0.05, 0) is 78.8 Å². The van der Waals surface area contributed by atoms with Gasteiger partial charge in [0.15, 0.2) is 0 Å². The van der Waals surface area contributed by atoms with Gasteiger partial charge in [-0.3, -0.25) is 19.2 Å². The second-order valence-electron chi connectivity index (χ2n) is 21.7. The predicted octanol–water partition coefficient (Wildman–Crippen LogP) is 11.8. The average molecular weight is 994 g/mol. The molecule has 0 heterocycles. The fourth-order valence-corrected chi connectivity index (χ4v) is 9.46. The minimum Gasteiger partial charge on any atom is -0.377 e. The zero-order valence-electron chi connectivity index (χ0n) is 47.8. The standard InChI is InChI=1S/C58H116N6O6/c1-11-13-15-17-19-21-23-25-27-29-31-33-35-39-53(65)63(45-37-43-61(7)8)55(51(3)4)57(67)59-41-47-69-49-50-70-48-42-60-58(68)56(52(5)6)64(46-38-44-62(9)10)54(66)40-36-34-32-30-28-26-24-22-20-18-16-14-12-2/h51-52,55-56H,11-50H2,1-10H3,(H,59,67)(H,60,68). The molecule has 2 N–H and O–H groups in total. The van der Waals surface area contributed by atoms with Crippen molar-refractivity contribution in [3.8, 4) is 0 Å². The summed E-state index contributed by atoms with van der Waals surface area (Å²) in [5.74, 6) is -0.169. The van der Waals surface area contributed by atoms with Gasteiger partial charge in [0.25, 0.3) is 0 Å². The molecular weight excluding hydrogens is 877 g/mol. The molecule has 12 heteroatoms. The number of unbranched alkanes of at least 4 members (excludes halogenated alkanes) is 24. The lowest BCUT2D eigenvalue weighted by Crippen LogP contribution is -2.53. The first kappa shape index (κ1) is 67.7. The summed E-state index contributed by atoms with van der Waals surface area (Å²) in [7, 11) is 8.14. The Hall–Kier alpha value is -2.28. The van der Waals surface area contributed by atoms with E-state index in [1.807, 2.05) is 65.7 Å². The molecule has 0 saturated heterocycles. The van der Waals surface area contributed by atoms with Crippen LogP contribution in [0.3, 0.4) is 0 Å². The highest BCUT2D eigenvalue weighted by Gasteiger charge is 2.33. The fourth-order valence-electron chi connectivity index (χ4n) is 9.46. The van der Waals surface area contributed by atoms with Crippen LogP contribution < -0.4 is 10.6 Å². The molecule has 0 saturated carbocycles. The quantitative estimate of drug-likeness (QED) is 0.0578. The Labute approximate surface area is 433 Å². The van der Waals surface area contributed by atoms with Crippen LogP contribution in [0.15, 0.2) is 0 Å². The van der Waals surface area contributed by atoms with E-state index in [1.54, 1.807) is 0 Å². The first-order chi connectivity index (χ1) is 33.8. The first-order valence-corrected chi connectivity index (χ1v) is 29.4. The highest BCUT2D eigenvalue weighted by molar-refractivity contribution is 5.88. The van der Waals surface area contributed by atoms with Crippen molar-refractivity contribution in [3.63, 3.8) is 0 Å². The lowest BCUT2D eigenvalue weighted by Gasteiger charge is -2.34. The predicted molar refractivity (Wildman–Crippen MR) is 295 cm³/mol. The first-order valence-electron chi connectivity index (χ1n) is 29.4. The van der Waals surface area contributed by atoms with E-state index in [1.165, 1.54) is 128 Å². The van der Waals surface area contributed by atoms with Crippen LogP contribution in [0, 0.1) is 11.8 Å². The number of hydrogen-bond donors (Lipinski definition) is 2. The smallest absolute Gasteiger partial charge is 0.243 e. The summed E-state index contributed by atoms with van der Waals surface area (Å²) in [4.78, 5) is 62.5. The summed E-state index contributed by atoms with van der Waals surface area (Å²) in [6.07, 6.45) is 35.5. The summed E-state index contributed by atoms with van der Waals surface area (Å²) in [6.45, 7) is 17.5. The number of nitrogens with zero attached hydrogens (tertiary/aromatic N) is 4. The van der Waals surface area contributed by atoms with E-state index in [2.05, 4.69) is 34.3 Å². The van der Waals surface area contributed by atoms with E-state index in [9.17, 15) is 19.2 Å². The highest BCUT2D eigenvalue weighted by atomic mass is 16.5. The molecule has 0 aromatic heterocycles. The number of hydrogen-bond acceptors (Lipinski definition) is 8. The third-order valence-electron chi connectivity index (χ3n) is 13.6. The Morgan fingerprint density at radius 3 is 0.900 bits per heavy atom. The molecule has 0 fully saturated rings. The van der Waals surface area contributed by atoms with Crippen LogP contribution in [0.2, 0.25) is 0 Å². The SMILES string of the molecule is CCCCCCCCCCCCCCCC(=O)N(CCCN(C)C)C(C(=O)NCCOCCOCCNC(=O)C(C(C)C)N(CCCN(C)C)C(=O)CCCCCCCCCCCCCCC)C(C)C. The van der Waals surface area contributed by atoms with Crippen LogP contribution in [-0.4, -0.2) is 149 Å². The van der Waals surface area contributed by atoms with Gasteiger partial charge in [0.1, 0.15) is 12.1 Å². The molecule has 2 atom stereocenters. The van der Waals surface area contributed by atoms with Crippen LogP contribution in [-0.2, 0) is 28.7 Å². The molecule has 0 rings (SSSR count). The molecule has 0 aromatic carbocycles. The summed E-state index contributed by atoms with van der Waals surface area (Å²) < 4.78 is 11.6. The van der Waals surface area contributed by atoms with Gasteiger partial charge in [-0.25, -0.2) is 0 Å². The molecule has 0 radical (unpaired) electrons. The molecule has 2 unspecified atom stereocenters. The van der Waals surface area contributed by atoms with Crippen LogP contribution in [0.5, 0.6) is 0 Å². The number of nitrogens with one attached hydrogen (secondary N) is 2. The lowest BCUT2D eigenvalue weighted by molar-refractivity contribution is -0.142. The van der Waals surface area contributed by atoms with Crippen molar-refractivity contribution in [1.82, 2.24) is 30.2 Å². The largest absolute Gasteiger partial charge is 0.377 e. The van der Waals surface area contributed by atoms with Gasteiger partial charge < -0.3 is 39.7 Å². The van der Waals surface area contributed by atoms with Crippen LogP contribution in [0.4, 0.5) is 0 Å². The van der Waals surface area contributed by atoms with E-state index in [0.29, 0.717) is 65.4 Å². The van der Waals surface area contributed by atoms with E-state index in [4.69, 9.17) is 9.47 Å².